The van der Waals surface area contributed by atoms with Gasteiger partial charge in [0, 0.05) is 11.3 Å². The van der Waals surface area contributed by atoms with Crippen LogP contribution in [0, 0.1) is 20.8 Å². The Hall–Kier alpha value is -2.60. The molecule has 2 aromatic carbocycles. The summed E-state index contributed by atoms with van der Waals surface area (Å²) in [5.74, 6) is 0.811. The number of H-pyrrole nitrogens is 1. The minimum absolute atomic E-state index is 0.297. The number of anilines is 1. The van der Waals surface area contributed by atoms with Crippen molar-refractivity contribution >= 4 is 15.7 Å². The van der Waals surface area contributed by atoms with Crippen molar-refractivity contribution in [1.29, 1.82) is 0 Å². The Morgan fingerprint density at radius 2 is 1.83 bits per heavy atom. The van der Waals surface area contributed by atoms with Crippen LogP contribution in [0.1, 0.15) is 17.0 Å². The Morgan fingerprint density at radius 1 is 1.04 bits per heavy atom. The second-order valence-corrected chi connectivity index (χ2v) is 7.49. The summed E-state index contributed by atoms with van der Waals surface area (Å²) < 4.78 is 28.0. The molecule has 1 heterocycles. The van der Waals surface area contributed by atoms with E-state index in [4.69, 9.17) is 0 Å². The van der Waals surface area contributed by atoms with E-state index in [0.29, 0.717) is 16.1 Å². The van der Waals surface area contributed by atoms with Crippen molar-refractivity contribution in [1.82, 2.24) is 9.97 Å². The van der Waals surface area contributed by atoms with Crippen LogP contribution in [0.2, 0.25) is 0 Å². The second-order valence-electron chi connectivity index (χ2n) is 5.84. The molecule has 0 radical (unpaired) electrons. The van der Waals surface area contributed by atoms with Gasteiger partial charge in [-0.2, -0.15) is 0 Å². The standard InChI is InChI=1S/C18H19N3O2S/c1-12-7-8-13(2)18(9-12)24(22,23)21-16-6-4-5-15(10-16)17-11-19-14(3)20-17/h4-11,21H,1-3H3,(H,19,20). The minimum Gasteiger partial charge on any atom is -0.342 e. The number of nitrogens with one attached hydrogen (secondary N) is 2. The van der Waals surface area contributed by atoms with E-state index in [1.807, 2.05) is 38.1 Å². The zero-order valence-electron chi connectivity index (χ0n) is 13.8. The van der Waals surface area contributed by atoms with Gasteiger partial charge in [0.25, 0.3) is 10.0 Å². The Bertz CT molecular complexity index is 991. The number of aromatic nitrogens is 2. The number of hydrogen-bond donors (Lipinski definition) is 2. The molecule has 6 heteroatoms. The number of imidazole rings is 1. The van der Waals surface area contributed by atoms with Crippen molar-refractivity contribution in [2.75, 3.05) is 4.72 Å². The summed E-state index contributed by atoms with van der Waals surface area (Å²) in [6, 6.07) is 12.6. The third-order valence-electron chi connectivity index (χ3n) is 3.76. The van der Waals surface area contributed by atoms with Gasteiger partial charge >= 0.3 is 0 Å². The molecular formula is C18H19N3O2S. The molecule has 0 amide bonds. The zero-order chi connectivity index (χ0) is 17.3. The van der Waals surface area contributed by atoms with Crippen molar-refractivity contribution < 1.29 is 8.42 Å². The fourth-order valence-electron chi connectivity index (χ4n) is 2.52. The molecule has 0 aliphatic carbocycles. The maximum absolute atomic E-state index is 12.7. The highest BCUT2D eigenvalue weighted by Gasteiger charge is 2.17. The molecule has 0 bridgehead atoms. The molecule has 24 heavy (non-hydrogen) atoms. The van der Waals surface area contributed by atoms with Gasteiger partial charge in [-0.15, -0.1) is 0 Å². The van der Waals surface area contributed by atoms with Crippen molar-refractivity contribution in [3.8, 4) is 11.3 Å². The summed E-state index contributed by atoms with van der Waals surface area (Å²) in [6.45, 7) is 5.54. The Balaban J connectivity index is 1.94. The lowest BCUT2D eigenvalue weighted by atomic mass is 10.1. The molecule has 5 nitrogen and oxygen atoms in total. The molecule has 0 atom stereocenters. The van der Waals surface area contributed by atoms with Crippen LogP contribution in [0.4, 0.5) is 5.69 Å². The van der Waals surface area contributed by atoms with E-state index in [1.165, 1.54) is 0 Å². The first-order chi connectivity index (χ1) is 11.3. The maximum Gasteiger partial charge on any atom is 0.262 e. The normalized spacial score (nSPS) is 11.5. The van der Waals surface area contributed by atoms with Crippen LogP contribution in [0.25, 0.3) is 11.3 Å². The first-order valence-corrected chi connectivity index (χ1v) is 9.05. The van der Waals surface area contributed by atoms with Gasteiger partial charge in [-0.1, -0.05) is 24.3 Å². The van der Waals surface area contributed by atoms with Crippen LogP contribution in [-0.4, -0.2) is 18.4 Å². The molecule has 0 aliphatic rings. The number of benzene rings is 2. The van der Waals surface area contributed by atoms with Gasteiger partial charge in [0.2, 0.25) is 0 Å². The first kappa shape index (κ1) is 16.3. The predicted molar refractivity (Wildman–Crippen MR) is 95.5 cm³/mol. The van der Waals surface area contributed by atoms with Gasteiger partial charge in [0.1, 0.15) is 5.82 Å². The van der Waals surface area contributed by atoms with E-state index in [2.05, 4.69) is 14.7 Å². The molecule has 0 aliphatic heterocycles. The number of rotatable bonds is 4. The molecule has 0 spiro atoms. The third-order valence-corrected chi connectivity index (χ3v) is 5.29. The fraction of sp³-hybridized carbons (Fsp3) is 0.167. The Morgan fingerprint density at radius 3 is 2.54 bits per heavy atom. The van der Waals surface area contributed by atoms with Crippen molar-refractivity contribution in [3.05, 3.63) is 65.6 Å². The maximum atomic E-state index is 12.7. The summed E-state index contributed by atoms with van der Waals surface area (Å²) in [5, 5.41) is 0. The predicted octanol–water partition coefficient (Wildman–Crippen LogP) is 3.80. The monoisotopic (exact) mass is 341 g/mol. The molecule has 0 saturated heterocycles. The molecule has 3 aromatic rings. The fourth-order valence-corrected chi connectivity index (χ4v) is 3.90. The van der Waals surface area contributed by atoms with E-state index < -0.39 is 10.0 Å². The van der Waals surface area contributed by atoms with Gasteiger partial charge in [0.05, 0.1) is 16.8 Å². The Labute approximate surface area is 141 Å². The van der Waals surface area contributed by atoms with E-state index in [0.717, 1.165) is 22.6 Å². The van der Waals surface area contributed by atoms with Gasteiger partial charge in [0.15, 0.2) is 0 Å². The SMILES string of the molecule is Cc1ccc(C)c(S(=O)(=O)Nc2cccc(-c3cnc(C)[nH]3)c2)c1. The largest absolute Gasteiger partial charge is 0.342 e. The van der Waals surface area contributed by atoms with Gasteiger partial charge < -0.3 is 4.98 Å². The molecular weight excluding hydrogens is 322 g/mol. The van der Waals surface area contributed by atoms with Crippen LogP contribution in [-0.2, 0) is 10.0 Å². The minimum atomic E-state index is -3.64. The van der Waals surface area contributed by atoms with Crippen molar-refractivity contribution in [2.45, 2.75) is 25.7 Å². The number of aromatic amines is 1. The summed E-state index contributed by atoms with van der Waals surface area (Å²) in [4.78, 5) is 7.61. The Kier molecular flexibility index (Phi) is 4.15. The summed E-state index contributed by atoms with van der Waals surface area (Å²) in [6.07, 6.45) is 1.73. The van der Waals surface area contributed by atoms with Gasteiger partial charge in [-0.25, -0.2) is 13.4 Å². The average molecular weight is 341 g/mol. The number of nitrogens with zero attached hydrogens (tertiary/aromatic N) is 1. The molecule has 1 aromatic heterocycles. The molecule has 0 unspecified atom stereocenters. The highest BCUT2D eigenvalue weighted by atomic mass is 32.2. The quantitative estimate of drug-likeness (QED) is 0.758. The topological polar surface area (TPSA) is 74.8 Å². The van der Waals surface area contributed by atoms with Crippen molar-refractivity contribution in [3.63, 3.8) is 0 Å². The van der Waals surface area contributed by atoms with E-state index in [9.17, 15) is 8.42 Å². The molecule has 124 valence electrons. The van der Waals surface area contributed by atoms with Crippen LogP contribution in [0.3, 0.4) is 0 Å². The van der Waals surface area contributed by atoms with Gasteiger partial charge in [-0.05, 0) is 50.1 Å². The van der Waals surface area contributed by atoms with Crippen LogP contribution in [0.5, 0.6) is 0 Å². The van der Waals surface area contributed by atoms with E-state index in [-0.39, 0.29) is 0 Å². The number of hydrogen-bond acceptors (Lipinski definition) is 3. The lowest BCUT2D eigenvalue weighted by Gasteiger charge is -2.12. The molecule has 2 N–H and O–H groups in total. The number of sulfonamides is 1. The smallest absolute Gasteiger partial charge is 0.262 e. The number of aryl methyl sites for hydroxylation is 3. The average Bonchev–Trinajstić information content (AvgIpc) is 2.96. The lowest BCUT2D eigenvalue weighted by molar-refractivity contribution is 0.600. The molecule has 0 fully saturated rings. The van der Waals surface area contributed by atoms with E-state index in [1.54, 1.807) is 31.3 Å². The molecule has 0 saturated carbocycles. The second kappa shape index (κ2) is 6.13. The van der Waals surface area contributed by atoms with Crippen molar-refractivity contribution in [2.24, 2.45) is 0 Å². The summed E-state index contributed by atoms with van der Waals surface area (Å²) >= 11 is 0. The van der Waals surface area contributed by atoms with Gasteiger partial charge in [-0.3, -0.25) is 4.72 Å². The first-order valence-electron chi connectivity index (χ1n) is 7.57. The summed E-state index contributed by atoms with van der Waals surface area (Å²) in [7, 11) is -3.64. The molecule has 3 rings (SSSR count). The zero-order valence-corrected chi connectivity index (χ0v) is 14.6. The lowest BCUT2D eigenvalue weighted by Crippen LogP contribution is -2.14. The summed E-state index contributed by atoms with van der Waals surface area (Å²) in [5.41, 5.74) is 3.86. The highest BCUT2D eigenvalue weighted by molar-refractivity contribution is 7.92. The van der Waals surface area contributed by atoms with Crippen LogP contribution < -0.4 is 4.72 Å². The third kappa shape index (κ3) is 3.33. The van der Waals surface area contributed by atoms with Crippen LogP contribution >= 0.6 is 0 Å². The van der Waals surface area contributed by atoms with Crippen LogP contribution in [0.15, 0.2) is 53.6 Å². The van der Waals surface area contributed by atoms with E-state index >= 15 is 0 Å². The highest BCUT2D eigenvalue weighted by Crippen LogP contribution is 2.24.